The lowest BCUT2D eigenvalue weighted by molar-refractivity contribution is 0.203. The van der Waals surface area contributed by atoms with Crippen LogP contribution >= 0.6 is 0 Å². The van der Waals surface area contributed by atoms with Gasteiger partial charge in [0.2, 0.25) is 5.82 Å². The minimum absolute atomic E-state index is 0.196. The summed E-state index contributed by atoms with van der Waals surface area (Å²) in [6, 6.07) is 21.2. The number of hydrogen-bond donors (Lipinski definition) is 1. The molecule has 2 amide bonds. The van der Waals surface area contributed by atoms with Crippen LogP contribution in [0, 0.1) is 19.7 Å². The van der Waals surface area contributed by atoms with Crippen LogP contribution in [0.5, 0.6) is 0 Å². The number of nitrogens with zero attached hydrogens (tertiary/aromatic N) is 3. The maximum atomic E-state index is 13.4. The van der Waals surface area contributed by atoms with Crippen molar-refractivity contribution in [1.82, 2.24) is 20.4 Å². The molecular weight excluding hydrogens is 443 g/mol. The van der Waals surface area contributed by atoms with E-state index < -0.39 is 6.04 Å². The zero-order valence-corrected chi connectivity index (χ0v) is 19.7. The van der Waals surface area contributed by atoms with Gasteiger partial charge in [-0.15, -0.1) is 0 Å². The van der Waals surface area contributed by atoms with Gasteiger partial charge >= 0.3 is 6.03 Å². The average Bonchev–Trinajstić information content (AvgIpc) is 3.33. The van der Waals surface area contributed by atoms with Crippen molar-refractivity contribution in [2.24, 2.45) is 0 Å². The van der Waals surface area contributed by atoms with E-state index in [0.717, 1.165) is 33.5 Å². The smallest absolute Gasteiger partial charge is 0.322 e. The van der Waals surface area contributed by atoms with Crippen molar-refractivity contribution in [2.45, 2.75) is 33.4 Å². The Morgan fingerprint density at radius 1 is 0.971 bits per heavy atom. The lowest BCUT2D eigenvalue weighted by Gasteiger charge is -2.35. The molecule has 2 heterocycles. The van der Waals surface area contributed by atoms with Gasteiger partial charge in [-0.25, -0.2) is 9.18 Å². The van der Waals surface area contributed by atoms with E-state index in [1.54, 1.807) is 17.0 Å². The van der Waals surface area contributed by atoms with Crippen molar-refractivity contribution in [3.8, 4) is 11.4 Å². The molecule has 4 aromatic rings. The SMILES string of the molecule is CC1=C(c2nc(-c3ccc(F)cc3)no2)C(c2ccc(C)cc2)NC(=O)N1Cc1ccccc1C. The van der Waals surface area contributed by atoms with Crippen molar-refractivity contribution in [3.63, 3.8) is 0 Å². The molecule has 3 aromatic carbocycles. The van der Waals surface area contributed by atoms with Crippen molar-refractivity contribution < 1.29 is 13.7 Å². The Bertz CT molecular complexity index is 1410. The molecule has 0 fully saturated rings. The maximum absolute atomic E-state index is 13.4. The molecule has 1 unspecified atom stereocenters. The molecule has 5 rings (SSSR count). The van der Waals surface area contributed by atoms with Gasteiger partial charge in [0, 0.05) is 11.3 Å². The van der Waals surface area contributed by atoms with E-state index >= 15 is 0 Å². The maximum Gasteiger partial charge on any atom is 0.322 e. The van der Waals surface area contributed by atoms with Gasteiger partial charge in [0.15, 0.2) is 0 Å². The predicted molar refractivity (Wildman–Crippen MR) is 131 cm³/mol. The van der Waals surface area contributed by atoms with Gasteiger partial charge in [0.05, 0.1) is 18.2 Å². The minimum Gasteiger partial charge on any atom is -0.334 e. The summed E-state index contributed by atoms with van der Waals surface area (Å²) in [5.41, 5.74) is 6.29. The molecule has 1 atom stereocenters. The summed E-state index contributed by atoms with van der Waals surface area (Å²) in [7, 11) is 0. The number of benzene rings is 3. The molecule has 176 valence electrons. The number of allylic oxidation sites excluding steroid dienone is 1. The summed E-state index contributed by atoms with van der Waals surface area (Å²) < 4.78 is 19.1. The molecule has 35 heavy (non-hydrogen) atoms. The fraction of sp³-hybridized carbons (Fsp3) is 0.179. The van der Waals surface area contributed by atoms with Crippen LogP contribution in [0.25, 0.3) is 17.0 Å². The van der Waals surface area contributed by atoms with Crippen LogP contribution in [0.2, 0.25) is 0 Å². The first-order chi connectivity index (χ1) is 16.9. The largest absolute Gasteiger partial charge is 0.334 e. The number of rotatable bonds is 5. The molecule has 0 saturated carbocycles. The first-order valence-electron chi connectivity index (χ1n) is 11.4. The van der Waals surface area contributed by atoms with Gasteiger partial charge in [-0.3, -0.25) is 4.90 Å². The third kappa shape index (κ3) is 4.45. The fourth-order valence-electron chi connectivity index (χ4n) is 4.26. The third-order valence-electron chi connectivity index (χ3n) is 6.36. The summed E-state index contributed by atoms with van der Waals surface area (Å²) >= 11 is 0. The minimum atomic E-state index is -0.460. The van der Waals surface area contributed by atoms with Crippen LogP contribution < -0.4 is 5.32 Å². The number of carbonyl (C=O) groups excluding carboxylic acids is 1. The van der Waals surface area contributed by atoms with Gasteiger partial charge < -0.3 is 9.84 Å². The molecular formula is C28H25FN4O2. The highest BCUT2D eigenvalue weighted by Gasteiger charge is 2.36. The zero-order valence-electron chi connectivity index (χ0n) is 19.7. The summed E-state index contributed by atoms with van der Waals surface area (Å²) in [6.45, 7) is 6.35. The van der Waals surface area contributed by atoms with Crippen LogP contribution in [0.1, 0.15) is 41.1 Å². The molecule has 1 aliphatic rings. The molecule has 1 N–H and O–H groups in total. The number of amides is 2. The second-order valence-electron chi connectivity index (χ2n) is 8.73. The van der Waals surface area contributed by atoms with Crippen molar-refractivity contribution in [3.05, 3.63) is 112 Å². The number of urea groups is 1. The molecule has 0 radical (unpaired) electrons. The van der Waals surface area contributed by atoms with Crippen LogP contribution in [0.3, 0.4) is 0 Å². The number of carbonyl (C=O) groups is 1. The third-order valence-corrected chi connectivity index (χ3v) is 6.36. The highest BCUT2D eigenvalue weighted by Crippen LogP contribution is 2.38. The topological polar surface area (TPSA) is 71.3 Å². The standard InChI is InChI=1S/C28H25FN4O2/c1-17-8-10-20(11-9-17)25-24(27-31-26(32-35-27)21-12-14-23(29)15-13-21)19(3)33(28(34)30-25)16-22-7-5-4-6-18(22)2/h4-15,25H,16H2,1-3H3,(H,30,34). The molecule has 6 nitrogen and oxygen atoms in total. The predicted octanol–water partition coefficient (Wildman–Crippen LogP) is 6.19. The van der Waals surface area contributed by atoms with Crippen LogP contribution in [-0.4, -0.2) is 21.1 Å². The van der Waals surface area contributed by atoms with E-state index in [0.29, 0.717) is 23.8 Å². The van der Waals surface area contributed by atoms with Gasteiger partial charge in [-0.1, -0.05) is 59.3 Å². The fourth-order valence-corrected chi connectivity index (χ4v) is 4.26. The molecule has 0 aliphatic carbocycles. The Kier molecular flexibility index (Phi) is 5.91. The van der Waals surface area contributed by atoms with Crippen LogP contribution in [0.4, 0.5) is 9.18 Å². The van der Waals surface area contributed by atoms with Crippen LogP contribution in [0.15, 0.2) is 83.0 Å². The van der Waals surface area contributed by atoms with E-state index in [9.17, 15) is 9.18 Å². The average molecular weight is 469 g/mol. The Hall–Kier alpha value is -4.26. The number of hydrogen-bond acceptors (Lipinski definition) is 4. The molecule has 1 aliphatic heterocycles. The number of aromatic nitrogens is 2. The molecule has 0 bridgehead atoms. The van der Waals surface area contributed by atoms with Gasteiger partial charge in [0.25, 0.3) is 5.89 Å². The first-order valence-corrected chi connectivity index (χ1v) is 11.4. The number of halogens is 1. The Balaban J connectivity index is 1.60. The normalized spacial score (nSPS) is 15.9. The molecule has 0 saturated heterocycles. The monoisotopic (exact) mass is 468 g/mol. The van der Waals surface area contributed by atoms with Crippen molar-refractivity contribution in [2.75, 3.05) is 0 Å². The lowest BCUT2D eigenvalue weighted by atomic mass is 9.93. The lowest BCUT2D eigenvalue weighted by Crippen LogP contribution is -2.45. The summed E-state index contributed by atoms with van der Waals surface area (Å²) in [4.78, 5) is 19.6. The number of aryl methyl sites for hydroxylation is 2. The second-order valence-corrected chi connectivity index (χ2v) is 8.73. The molecule has 1 aromatic heterocycles. The first kappa shape index (κ1) is 22.5. The van der Waals surface area contributed by atoms with Gasteiger partial charge in [0.1, 0.15) is 5.82 Å². The van der Waals surface area contributed by atoms with Crippen LogP contribution in [-0.2, 0) is 6.54 Å². The van der Waals surface area contributed by atoms with Crippen molar-refractivity contribution >= 4 is 11.6 Å². The Morgan fingerprint density at radius 2 is 1.69 bits per heavy atom. The van der Waals surface area contributed by atoms with E-state index in [-0.39, 0.29) is 11.8 Å². The highest BCUT2D eigenvalue weighted by atomic mass is 19.1. The van der Waals surface area contributed by atoms with E-state index in [1.807, 2.05) is 69.3 Å². The summed E-state index contributed by atoms with van der Waals surface area (Å²) in [5.74, 6) is 0.324. The second kappa shape index (κ2) is 9.18. The van der Waals surface area contributed by atoms with E-state index in [4.69, 9.17) is 4.52 Å². The zero-order chi connectivity index (χ0) is 24.5. The Morgan fingerprint density at radius 3 is 2.40 bits per heavy atom. The number of nitrogens with one attached hydrogen (secondary N) is 1. The van der Waals surface area contributed by atoms with E-state index in [1.165, 1.54) is 12.1 Å². The summed E-state index contributed by atoms with van der Waals surface area (Å²) in [5, 5.41) is 7.27. The molecule has 7 heteroatoms. The quantitative estimate of drug-likeness (QED) is 0.379. The Labute approximate surface area is 203 Å². The molecule has 0 spiro atoms. The highest BCUT2D eigenvalue weighted by molar-refractivity contribution is 5.87. The van der Waals surface area contributed by atoms with E-state index in [2.05, 4.69) is 15.5 Å². The summed E-state index contributed by atoms with van der Waals surface area (Å²) in [6.07, 6.45) is 0. The van der Waals surface area contributed by atoms with Gasteiger partial charge in [-0.2, -0.15) is 4.98 Å². The van der Waals surface area contributed by atoms with Gasteiger partial charge in [-0.05, 0) is 61.7 Å². The van der Waals surface area contributed by atoms with Crippen molar-refractivity contribution in [1.29, 1.82) is 0 Å².